The molecule has 0 saturated heterocycles. The number of hydrogen-bond acceptors (Lipinski definition) is 3. The summed E-state index contributed by atoms with van der Waals surface area (Å²) in [5, 5.41) is 0. The lowest BCUT2D eigenvalue weighted by Crippen LogP contribution is -2.05. The standard InChI is InChI=1S/C17H12BrF3N2O2S/c1-26(24,25)14-8-2-11(3-9-14)16-22-15(17(19,20)21)10-23(16)13-6-4-12(18)5-7-13/h2-10H,1H3. The predicted octanol–water partition coefficient (Wildman–Crippen LogP) is 4.72. The van der Waals surface area contributed by atoms with Crippen LogP contribution in [0.2, 0.25) is 0 Å². The van der Waals surface area contributed by atoms with Crippen LogP contribution in [0.4, 0.5) is 13.2 Å². The number of nitrogens with zero attached hydrogens (tertiary/aromatic N) is 2. The van der Waals surface area contributed by atoms with Gasteiger partial charge in [0.25, 0.3) is 0 Å². The van der Waals surface area contributed by atoms with Crippen LogP contribution >= 0.6 is 15.9 Å². The third-order valence-corrected chi connectivity index (χ3v) is 5.30. The van der Waals surface area contributed by atoms with Gasteiger partial charge in [0.05, 0.1) is 4.90 Å². The smallest absolute Gasteiger partial charge is 0.299 e. The van der Waals surface area contributed by atoms with Crippen molar-refractivity contribution in [1.29, 1.82) is 0 Å². The zero-order valence-corrected chi connectivity index (χ0v) is 15.7. The van der Waals surface area contributed by atoms with Crippen molar-refractivity contribution in [3.8, 4) is 17.1 Å². The van der Waals surface area contributed by atoms with Crippen molar-refractivity contribution in [3.05, 3.63) is 64.9 Å². The maximum absolute atomic E-state index is 13.1. The average molecular weight is 445 g/mol. The molecule has 3 rings (SSSR count). The molecule has 1 aromatic heterocycles. The maximum Gasteiger partial charge on any atom is 0.434 e. The predicted molar refractivity (Wildman–Crippen MR) is 94.8 cm³/mol. The van der Waals surface area contributed by atoms with Gasteiger partial charge in [0, 0.05) is 28.2 Å². The third kappa shape index (κ3) is 3.83. The Labute approximate surface area is 156 Å². The van der Waals surface area contributed by atoms with Crippen LogP contribution in [0.5, 0.6) is 0 Å². The molecule has 2 aromatic carbocycles. The number of hydrogen-bond donors (Lipinski definition) is 0. The molecule has 0 spiro atoms. The maximum atomic E-state index is 13.1. The molecule has 0 N–H and O–H groups in total. The molecule has 0 aliphatic carbocycles. The highest BCUT2D eigenvalue weighted by Crippen LogP contribution is 2.33. The lowest BCUT2D eigenvalue weighted by molar-refractivity contribution is -0.140. The Bertz CT molecular complexity index is 1040. The second-order valence-electron chi connectivity index (χ2n) is 5.59. The Morgan fingerprint density at radius 1 is 1.00 bits per heavy atom. The third-order valence-electron chi connectivity index (χ3n) is 3.64. The number of alkyl halides is 3. The van der Waals surface area contributed by atoms with Crippen LogP contribution in [0.15, 0.2) is 64.1 Å². The van der Waals surface area contributed by atoms with E-state index in [0.717, 1.165) is 16.9 Å². The van der Waals surface area contributed by atoms with Crippen LogP contribution in [0.3, 0.4) is 0 Å². The SMILES string of the molecule is CS(=O)(=O)c1ccc(-c2nc(C(F)(F)F)cn2-c2ccc(Br)cc2)cc1. The van der Waals surface area contributed by atoms with Crippen LogP contribution in [0.25, 0.3) is 17.1 Å². The van der Waals surface area contributed by atoms with E-state index in [9.17, 15) is 21.6 Å². The zero-order valence-electron chi connectivity index (χ0n) is 13.3. The van der Waals surface area contributed by atoms with E-state index >= 15 is 0 Å². The molecule has 0 fully saturated rings. The van der Waals surface area contributed by atoms with Crippen LogP contribution in [-0.4, -0.2) is 24.2 Å². The quantitative estimate of drug-likeness (QED) is 0.586. The van der Waals surface area contributed by atoms with E-state index in [4.69, 9.17) is 0 Å². The van der Waals surface area contributed by atoms with Crippen LogP contribution in [-0.2, 0) is 16.0 Å². The van der Waals surface area contributed by atoms with Gasteiger partial charge in [-0.3, -0.25) is 4.57 Å². The Hall–Kier alpha value is -2.13. The summed E-state index contributed by atoms with van der Waals surface area (Å²) >= 11 is 3.28. The van der Waals surface area contributed by atoms with E-state index in [0.29, 0.717) is 11.3 Å². The molecular weight excluding hydrogens is 433 g/mol. The number of sulfone groups is 1. The van der Waals surface area contributed by atoms with E-state index in [1.807, 2.05) is 0 Å². The molecule has 0 radical (unpaired) electrons. The molecule has 0 aliphatic heterocycles. The van der Waals surface area contributed by atoms with Crippen molar-refractivity contribution in [2.45, 2.75) is 11.1 Å². The van der Waals surface area contributed by atoms with Gasteiger partial charge in [-0.2, -0.15) is 13.2 Å². The van der Waals surface area contributed by atoms with Gasteiger partial charge in [-0.15, -0.1) is 0 Å². The van der Waals surface area contributed by atoms with Gasteiger partial charge < -0.3 is 0 Å². The summed E-state index contributed by atoms with van der Waals surface area (Å²) in [6.07, 6.45) is -2.61. The Kier molecular flexibility index (Phi) is 4.70. The fourth-order valence-corrected chi connectivity index (χ4v) is 3.26. The van der Waals surface area contributed by atoms with E-state index in [-0.39, 0.29) is 10.7 Å². The van der Waals surface area contributed by atoms with Gasteiger partial charge in [-0.25, -0.2) is 13.4 Å². The molecule has 136 valence electrons. The molecule has 0 atom stereocenters. The molecule has 1 heterocycles. The van der Waals surface area contributed by atoms with E-state index in [1.165, 1.54) is 28.8 Å². The van der Waals surface area contributed by atoms with Gasteiger partial charge in [0.2, 0.25) is 0 Å². The van der Waals surface area contributed by atoms with Crippen molar-refractivity contribution < 1.29 is 21.6 Å². The van der Waals surface area contributed by atoms with Gasteiger partial charge in [0.15, 0.2) is 15.5 Å². The fraction of sp³-hybridized carbons (Fsp3) is 0.118. The average Bonchev–Trinajstić information content (AvgIpc) is 3.00. The largest absolute Gasteiger partial charge is 0.434 e. The number of imidazole rings is 1. The highest BCUT2D eigenvalue weighted by atomic mass is 79.9. The first-order valence-electron chi connectivity index (χ1n) is 7.29. The molecule has 9 heteroatoms. The van der Waals surface area contributed by atoms with Gasteiger partial charge in [-0.05, 0) is 48.5 Å². The fourth-order valence-electron chi connectivity index (χ4n) is 2.37. The van der Waals surface area contributed by atoms with Crippen molar-refractivity contribution >= 4 is 25.8 Å². The summed E-state index contributed by atoms with van der Waals surface area (Å²) in [5.74, 6) is 0.0692. The summed E-state index contributed by atoms with van der Waals surface area (Å²) in [7, 11) is -3.40. The minimum Gasteiger partial charge on any atom is -0.299 e. The van der Waals surface area contributed by atoms with E-state index in [2.05, 4.69) is 20.9 Å². The normalized spacial score (nSPS) is 12.3. The second-order valence-corrected chi connectivity index (χ2v) is 8.52. The lowest BCUT2D eigenvalue weighted by Gasteiger charge is -2.08. The summed E-state index contributed by atoms with van der Waals surface area (Å²) < 4.78 is 64.6. The molecule has 0 amide bonds. The van der Waals surface area contributed by atoms with Crippen molar-refractivity contribution in [2.75, 3.05) is 6.26 Å². The minimum absolute atomic E-state index is 0.0692. The van der Waals surface area contributed by atoms with Gasteiger partial charge in [0.1, 0.15) is 5.82 Å². The summed E-state index contributed by atoms with van der Waals surface area (Å²) in [5.41, 5.74) is -0.156. The topological polar surface area (TPSA) is 52.0 Å². The lowest BCUT2D eigenvalue weighted by atomic mass is 10.2. The molecule has 0 aliphatic rings. The minimum atomic E-state index is -4.60. The van der Waals surface area contributed by atoms with Crippen molar-refractivity contribution in [3.63, 3.8) is 0 Å². The van der Waals surface area contributed by atoms with Crippen LogP contribution in [0, 0.1) is 0 Å². The Morgan fingerprint density at radius 3 is 2.08 bits per heavy atom. The molecular formula is C17H12BrF3N2O2S. The Balaban J connectivity index is 2.16. The molecule has 0 saturated carbocycles. The van der Waals surface area contributed by atoms with E-state index in [1.54, 1.807) is 24.3 Å². The molecule has 0 bridgehead atoms. The Morgan fingerprint density at radius 2 is 1.58 bits per heavy atom. The van der Waals surface area contributed by atoms with Gasteiger partial charge >= 0.3 is 6.18 Å². The van der Waals surface area contributed by atoms with Gasteiger partial charge in [-0.1, -0.05) is 15.9 Å². The molecule has 3 aromatic rings. The number of benzene rings is 2. The number of rotatable bonds is 3. The number of halogens is 4. The summed E-state index contributed by atoms with van der Waals surface area (Å²) in [6.45, 7) is 0. The first-order valence-corrected chi connectivity index (χ1v) is 9.97. The number of aromatic nitrogens is 2. The molecule has 26 heavy (non-hydrogen) atoms. The molecule has 4 nitrogen and oxygen atoms in total. The highest BCUT2D eigenvalue weighted by Gasteiger charge is 2.35. The van der Waals surface area contributed by atoms with Crippen LogP contribution < -0.4 is 0 Å². The van der Waals surface area contributed by atoms with E-state index < -0.39 is 21.7 Å². The summed E-state index contributed by atoms with van der Waals surface area (Å²) in [6, 6.07) is 12.3. The first kappa shape index (κ1) is 18.7. The first-order chi connectivity index (χ1) is 12.1. The molecule has 0 unspecified atom stereocenters. The van der Waals surface area contributed by atoms with Crippen molar-refractivity contribution in [2.24, 2.45) is 0 Å². The van der Waals surface area contributed by atoms with Crippen molar-refractivity contribution in [1.82, 2.24) is 9.55 Å². The monoisotopic (exact) mass is 444 g/mol. The zero-order chi connectivity index (χ0) is 19.1. The summed E-state index contributed by atoms with van der Waals surface area (Å²) in [4.78, 5) is 3.80. The highest BCUT2D eigenvalue weighted by molar-refractivity contribution is 9.10. The second kappa shape index (κ2) is 6.55. The van der Waals surface area contributed by atoms with Crippen LogP contribution in [0.1, 0.15) is 5.69 Å².